The van der Waals surface area contributed by atoms with E-state index in [0.717, 1.165) is 25.0 Å². The SMILES string of the molecule is CCC1CC(C)CN1Cc1cccc2c1NCC2. The zero-order valence-corrected chi connectivity index (χ0v) is 11.6. The lowest BCUT2D eigenvalue weighted by atomic mass is 10.1. The van der Waals surface area contributed by atoms with Crippen LogP contribution in [0.2, 0.25) is 0 Å². The molecule has 0 amide bonds. The Kier molecular flexibility index (Phi) is 3.29. The minimum absolute atomic E-state index is 0.789. The molecule has 2 unspecified atom stereocenters. The highest BCUT2D eigenvalue weighted by molar-refractivity contribution is 5.61. The summed E-state index contributed by atoms with van der Waals surface area (Å²) in [4.78, 5) is 2.68. The first-order chi connectivity index (χ1) is 8.78. The van der Waals surface area contributed by atoms with E-state index in [1.165, 1.54) is 42.6 Å². The molecule has 1 fully saturated rings. The molecule has 2 nitrogen and oxygen atoms in total. The molecule has 0 spiro atoms. The molecule has 3 rings (SSSR count). The van der Waals surface area contributed by atoms with Crippen molar-refractivity contribution in [1.82, 2.24) is 4.90 Å². The molecule has 1 aromatic rings. The van der Waals surface area contributed by atoms with Crippen LogP contribution in [0.1, 0.15) is 37.8 Å². The fourth-order valence-corrected chi connectivity index (χ4v) is 3.62. The van der Waals surface area contributed by atoms with E-state index in [2.05, 4.69) is 42.3 Å². The van der Waals surface area contributed by atoms with E-state index >= 15 is 0 Å². The van der Waals surface area contributed by atoms with Crippen LogP contribution < -0.4 is 5.32 Å². The molecule has 2 aliphatic rings. The molecule has 0 bridgehead atoms. The van der Waals surface area contributed by atoms with Crippen LogP contribution in [0.25, 0.3) is 0 Å². The van der Waals surface area contributed by atoms with Gasteiger partial charge in [-0.05, 0) is 36.3 Å². The first-order valence-corrected chi connectivity index (χ1v) is 7.36. The lowest BCUT2D eigenvalue weighted by molar-refractivity contribution is 0.238. The van der Waals surface area contributed by atoms with E-state index in [4.69, 9.17) is 0 Å². The number of para-hydroxylation sites is 1. The molecule has 0 radical (unpaired) electrons. The van der Waals surface area contributed by atoms with Gasteiger partial charge in [-0.3, -0.25) is 4.90 Å². The van der Waals surface area contributed by atoms with Gasteiger partial charge in [0.25, 0.3) is 0 Å². The molecule has 18 heavy (non-hydrogen) atoms. The number of rotatable bonds is 3. The summed E-state index contributed by atoms with van der Waals surface area (Å²) in [6, 6.07) is 7.58. The van der Waals surface area contributed by atoms with Gasteiger partial charge in [-0.1, -0.05) is 32.0 Å². The van der Waals surface area contributed by atoms with Crippen molar-refractivity contribution in [2.24, 2.45) is 5.92 Å². The molecule has 98 valence electrons. The van der Waals surface area contributed by atoms with Gasteiger partial charge in [0.15, 0.2) is 0 Å². The Morgan fingerprint density at radius 2 is 2.28 bits per heavy atom. The molecule has 2 aliphatic heterocycles. The second-order valence-corrected chi connectivity index (χ2v) is 5.96. The smallest absolute Gasteiger partial charge is 0.0419 e. The second kappa shape index (κ2) is 4.93. The minimum atomic E-state index is 0.789. The summed E-state index contributed by atoms with van der Waals surface area (Å²) in [5.74, 6) is 0.861. The zero-order chi connectivity index (χ0) is 12.5. The molecule has 2 atom stereocenters. The van der Waals surface area contributed by atoms with Crippen LogP contribution in [0.15, 0.2) is 18.2 Å². The van der Waals surface area contributed by atoms with Crippen molar-refractivity contribution in [3.05, 3.63) is 29.3 Å². The van der Waals surface area contributed by atoms with Gasteiger partial charge in [0, 0.05) is 31.4 Å². The normalized spacial score (nSPS) is 27.2. The van der Waals surface area contributed by atoms with Crippen molar-refractivity contribution < 1.29 is 0 Å². The second-order valence-electron chi connectivity index (χ2n) is 5.96. The Morgan fingerprint density at radius 1 is 1.39 bits per heavy atom. The molecule has 1 aromatic carbocycles. The predicted molar refractivity (Wildman–Crippen MR) is 76.9 cm³/mol. The Balaban J connectivity index is 1.79. The topological polar surface area (TPSA) is 15.3 Å². The summed E-state index contributed by atoms with van der Waals surface area (Å²) in [5.41, 5.74) is 4.43. The number of anilines is 1. The van der Waals surface area contributed by atoms with Crippen molar-refractivity contribution in [3.8, 4) is 0 Å². The molecular formula is C16H24N2. The summed E-state index contributed by atoms with van der Waals surface area (Å²) in [6.07, 6.45) is 3.85. The number of hydrogen-bond donors (Lipinski definition) is 1. The number of nitrogens with one attached hydrogen (secondary N) is 1. The largest absolute Gasteiger partial charge is 0.384 e. The van der Waals surface area contributed by atoms with Crippen molar-refractivity contribution >= 4 is 5.69 Å². The third kappa shape index (κ3) is 2.14. The third-order valence-corrected chi connectivity index (χ3v) is 4.51. The minimum Gasteiger partial charge on any atom is -0.384 e. The Hall–Kier alpha value is -1.02. The fraction of sp³-hybridized carbons (Fsp3) is 0.625. The number of benzene rings is 1. The van der Waals surface area contributed by atoms with Gasteiger partial charge >= 0.3 is 0 Å². The number of nitrogens with zero attached hydrogens (tertiary/aromatic N) is 1. The van der Waals surface area contributed by atoms with E-state index in [-0.39, 0.29) is 0 Å². The molecule has 2 heterocycles. The van der Waals surface area contributed by atoms with Crippen LogP contribution in [-0.2, 0) is 13.0 Å². The molecule has 0 aliphatic carbocycles. The van der Waals surface area contributed by atoms with Gasteiger partial charge in [0.2, 0.25) is 0 Å². The first kappa shape index (κ1) is 12.0. The lowest BCUT2D eigenvalue weighted by Crippen LogP contribution is -2.28. The van der Waals surface area contributed by atoms with Gasteiger partial charge in [0.05, 0.1) is 0 Å². The van der Waals surface area contributed by atoms with Crippen molar-refractivity contribution in [3.63, 3.8) is 0 Å². The highest BCUT2D eigenvalue weighted by atomic mass is 15.2. The van der Waals surface area contributed by atoms with Gasteiger partial charge in [-0.15, -0.1) is 0 Å². The zero-order valence-electron chi connectivity index (χ0n) is 11.6. The average Bonchev–Trinajstić information content (AvgIpc) is 2.96. The van der Waals surface area contributed by atoms with E-state index in [1.807, 2.05) is 0 Å². The maximum atomic E-state index is 3.56. The van der Waals surface area contributed by atoms with Crippen LogP contribution >= 0.6 is 0 Å². The maximum absolute atomic E-state index is 3.56. The Labute approximate surface area is 110 Å². The number of fused-ring (bicyclic) bond motifs is 1. The van der Waals surface area contributed by atoms with E-state index < -0.39 is 0 Å². The van der Waals surface area contributed by atoms with Crippen molar-refractivity contribution in [2.45, 2.75) is 45.7 Å². The van der Waals surface area contributed by atoms with E-state index in [9.17, 15) is 0 Å². The van der Waals surface area contributed by atoms with Crippen molar-refractivity contribution in [1.29, 1.82) is 0 Å². The van der Waals surface area contributed by atoms with E-state index in [1.54, 1.807) is 0 Å². The molecule has 1 saturated heterocycles. The van der Waals surface area contributed by atoms with Crippen molar-refractivity contribution in [2.75, 3.05) is 18.4 Å². The fourth-order valence-electron chi connectivity index (χ4n) is 3.62. The summed E-state index contributed by atoms with van der Waals surface area (Å²) in [5, 5.41) is 3.56. The molecular weight excluding hydrogens is 220 g/mol. The summed E-state index contributed by atoms with van der Waals surface area (Å²) >= 11 is 0. The quantitative estimate of drug-likeness (QED) is 0.878. The van der Waals surface area contributed by atoms with E-state index in [0.29, 0.717) is 0 Å². The standard InChI is InChI=1S/C16H24N2/c1-3-15-9-12(2)10-18(15)11-14-6-4-5-13-7-8-17-16(13)14/h4-6,12,15,17H,3,7-11H2,1-2H3. The Morgan fingerprint density at radius 3 is 3.11 bits per heavy atom. The first-order valence-electron chi connectivity index (χ1n) is 7.36. The summed E-state index contributed by atoms with van der Waals surface area (Å²) in [6.45, 7) is 8.21. The monoisotopic (exact) mass is 244 g/mol. The van der Waals surface area contributed by atoms with Crippen LogP contribution in [0, 0.1) is 5.92 Å². The van der Waals surface area contributed by atoms with Crippen LogP contribution in [0.4, 0.5) is 5.69 Å². The Bertz CT molecular complexity index is 427. The maximum Gasteiger partial charge on any atom is 0.0419 e. The predicted octanol–water partition coefficient (Wildman–Crippen LogP) is 3.28. The van der Waals surface area contributed by atoms with Gasteiger partial charge in [-0.25, -0.2) is 0 Å². The lowest BCUT2D eigenvalue weighted by Gasteiger charge is -2.24. The van der Waals surface area contributed by atoms with Crippen LogP contribution in [0.3, 0.4) is 0 Å². The number of likely N-dealkylation sites (tertiary alicyclic amines) is 1. The van der Waals surface area contributed by atoms with Gasteiger partial charge < -0.3 is 5.32 Å². The van der Waals surface area contributed by atoms with Crippen LogP contribution in [-0.4, -0.2) is 24.0 Å². The average molecular weight is 244 g/mol. The van der Waals surface area contributed by atoms with Crippen LogP contribution in [0.5, 0.6) is 0 Å². The van der Waals surface area contributed by atoms with Gasteiger partial charge in [0.1, 0.15) is 0 Å². The highest BCUT2D eigenvalue weighted by Crippen LogP contribution is 2.31. The number of hydrogen-bond acceptors (Lipinski definition) is 2. The molecule has 0 aromatic heterocycles. The third-order valence-electron chi connectivity index (χ3n) is 4.51. The summed E-state index contributed by atoms with van der Waals surface area (Å²) < 4.78 is 0. The highest BCUT2D eigenvalue weighted by Gasteiger charge is 2.28. The molecule has 1 N–H and O–H groups in total. The van der Waals surface area contributed by atoms with Gasteiger partial charge in [-0.2, -0.15) is 0 Å². The molecule has 2 heteroatoms. The molecule has 0 saturated carbocycles. The summed E-state index contributed by atoms with van der Waals surface area (Å²) in [7, 11) is 0.